The number of likely N-dealkylation sites (N-methyl/N-ethyl adjacent to an activating group) is 1. The number of aliphatic carboxylic acids is 1. The second-order valence-electron chi connectivity index (χ2n) is 5.31. The van der Waals surface area contributed by atoms with Crippen molar-refractivity contribution < 1.29 is 19.8 Å². The third-order valence-electron chi connectivity index (χ3n) is 3.99. The van der Waals surface area contributed by atoms with Crippen molar-refractivity contribution in [2.75, 3.05) is 20.2 Å². The van der Waals surface area contributed by atoms with Gasteiger partial charge in [0, 0.05) is 13.6 Å². The van der Waals surface area contributed by atoms with Crippen molar-refractivity contribution in [2.45, 2.75) is 25.4 Å². The van der Waals surface area contributed by atoms with Crippen LogP contribution in [0.2, 0.25) is 0 Å². The fraction of sp³-hybridized carbons (Fsp3) is 0.467. The number of urea groups is 1. The zero-order chi connectivity index (χ0) is 15.6. The van der Waals surface area contributed by atoms with Crippen LogP contribution in [0.3, 0.4) is 0 Å². The molecule has 1 aliphatic rings. The molecule has 0 aromatic heterocycles. The summed E-state index contributed by atoms with van der Waals surface area (Å²) >= 11 is 0. The number of nitrogens with zero attached hydrogens (tertiary/aromatic N) is 2. The minimum Gasteiger partial charge on any atom is -0.479 e. The predicted molar refractivity (Wildman–Crippen MR) is 76.9 cm³/mol. The van der Waals surface area contributed by atoms with E-state index in [1.54, 1.807) is 26.1 Å². The zero-order valence-electron chi connectivity index (χ0n) is 12.2. The Morgan fingerprint density at radius 2 is 2.10 bits per heavy atom. The van der Waals surface area contributed by atoms with Crippen LogP contribution in [0.1, 0.15) is 24.1 Å². The normalized spacial score (nSPS) is 18.8. The van der Waals surface area contributed by atoms with Crippen molar-refractivity contribution in [3.63, 3.8) is 0 Å². The molecule has 6 nitrogen and oxygen atoms in total. The molecule has 1 aromatic carbocycles. The van der Waals surface area contributed by atoms with Gasteiger partial charge in [-0.15, -0.1) is 0 Å². The molecule has 21 heavy (non-hydrogen) atoms. The number of carboxylic acid groups (broad SMARTS) is 1. The molecule has 0 saturated heterocycles. The molecule has 0 fully saturated rings. The number of aliphatic hydroxyl groups excluding tert-OH is 1. The Morgan fingerprint density at radius 3 is 2.71 bits per heavy atom. The lowest BCUT2D eigenvalue weighted by molar-refractivity contribution is -0.143. The lowest BCUT2D eigenvalue weighted by Crippen LogP contribution is -2.51. The lowest BCUT2D eigenvalue weighted by Gasteiger charge is -2.38. The molecule has 2 unspecified atom stereocenters. The van der Waals surface area contributed by atoms with E-state index in [0.717, 1.165) is 5.56 Å². The van der Waals surface area contributed by atoms with E-state index in [0.29, 0.717) is 18.5 Å². The van der Waals surface area contributed by atoms with Crippen LogP contribution in [0.15, 0.2) is 24.3 Å². The highest BCUT2D eigenvalue weighted by Gasteiger charge is 2.37. The van der Waals surface area contributed by atoms with Crippen LogP contribution >= 0.6 is 0 Å². The number of benzene rings is 1. The summed E-state index contributed by atoms with van der Waals surface area (Å²) < 4.78 is 0. The molecule has 1 aliphatic heterocycles. The Balaban J connectivity index is 2.33. The number of carbonyl (C=O) groups is 2. The first kappa shape index (κ1) is 15.3. The molecule has 114 valence electrons. The van der Waals surface area contributed by atoms with Gasteiger partial charge in [-0.05, 0) is 24.5 Å². The molecule has 0 saturated carbocycles. The molecule has 0 aliphatic carbocycles. The summed E-state index contributed by atoms with van der Waals surface area (Å²) in [6.07, 6.45) is 0.632. The molecule has 0 bridgehead atoms. The smallest absolute Gasteiger partial charge is 0.331 e. The maximum absolute atomic E-state index is 12.5. The average molecular weight is 292 g/mol. The van der Waals surface area contributed by atoms with E-state index < -0.39 is 12.0 Å². The Morgan fingerprint density at radius 1 is 1.43 bits per heavy atom. The van der Waals surface area contributed by atoms with E-state index in [1.807, 2.05) is 12.1 Å². The summed E-state index contributed by atoms with van der Waals surface area (Å²) in [5.41, 5.74) is 1.63. The van der Waals surface area contributed by atoms with Crippen molar-refractivity contribution in [3.8, 4) is 0 Å². The van der Waals surface area contributed by atoms with Crippen LogP contribution in [0, 0.1) is 0 Å². The van der Waals surface area contributed by atoms with Gasteiger partial charge in [0.2, 0.25) is 0 Å². The first-order chi connectivity index (χ1) is 9.97. The summed E-state index contributed by atoms with van der Waals surface area (Å²) in [5, 5.41) is 18.7. The Kier molecular flexibility index (Phi) is 4.47. The summed E-state index contributed by atoms with van der Waals surface area (Å²) in [4.78, 5) is 26.9. The number of carboxylic acids is 1. The Bertz CT molecular complexity index is 546. The molecule has 0 spiro atoms. The van der Waals surface area contributed by atoms with E-state index in [2.05, 4.69) is 0 Å². The van der Waals surface area contributed by atoms with Gasteiger partial charge in [-0.2, -0.15) is 0 Å². The summed E-state index contributed by atoms with van der Waals surface area (Å²) in [6.45, 7) is 1.91. The maximum atomic E-state index is 12.5. The first-order valence-corrected chi connectivity index (χ1v) is 6.92. The minimum absolute atomic E-state index is 0.162. The number of amides is 2. The fourth-order valence-electron chi connectivity index (χ4n) is 2.55. The Hall–Kier alpha value is -2.08. The monoisotopic (exact) mass is 292 g/mol. The van der Waals surface area contributed by atoms with Crippen LogP contribution in [-0.4, -0.2) is 58.3 Å². The molecular formula is C15H20N2O4. The van der Waals surface area contributed by atoms with Crippen molar-refractivity contribution in [2.24, 2.45) is 0 Å². The first-order valence-electron chi connectivity index (χ1n) is 6.92. The SMILES string of the molecule is CC(CO)N(C)C(=O)N1CCc2ccccc2C1C(=O)O. The van der Waals surface area contributed by atoms with Gasteiger partial charge in [-0.3, -0.25) is 0 Å². The van der Waals surface area contributed by atoms with Crippen molar-refractivity contribution >= 4 is 12.0 Å². The molecule has 2 amide bonds. The van der Waals surface area contributed by atoms with Gasteiger partial charge in [-0.25, -0.2) is 9.59 Å². The van der Waals surface area contributed by atoms with E-state index in [-0.39, 0.29) is 18.7 Å². The topological polar surface area (TPSA) is 81.1 Å². The lowest BCUT2D eigenvalue weighted by atomic mass is 9.93. The summed E-state index contributed by atoms with van der Waals surface area (Å²) in [6, 6.07) is 5.59. The van der Waals surface area contributed by atoms with Gasteiger partial charge in [0.25, 0.3) is 0 Å². The average Bonchev–Trinajstić information content (AvgIpc) is 2.51. The number of aliphatic hydroxyl groups is 1. The molecule has 1 aromatic rings. The van der Waals surface area contributed by atoms with Gasteiger partial charge >= 0.3 is 12.0 Å². The fourth-order valence-corrected chi connectivity index (χ4v) is 2.55. The second-order valence-corrected chi connectivity index (χ2v) is 5.31. The van der Waals surface area contributed by atoms with E-state index in [4.69, 9.17) is 5.11 Å². The molecule has 2 atom stereocenters. The standard InChI is InChI=1S/C15H20N2O4/c1-10(9-18)16(2)15(21)17-8-7-11-5-3-4-6-12(11)13(17)14(19)20/h3-6,10,13,18H,7-9H2,1-2H3,(H,19,20). The van der Waals surface area contributed by atoms with Crippen LogP contribution in [0.25, 0.3) is 0 Å². The van der Waals surface area contributed by atoms with Crippen LogP contribution in [0.5, 0.6) is 0 Å². The largest absolute Gasteiger partial charge is 0.479 e. The number of fused-ring (bicyclic) bond motifs is 1. The van der Waals surface area contributed by atoms with Crippen LogP contribution in [0.4, 0.5) is 4.79 Å². The molecular weight excluding hydrogens is 272 g/mol. The molecule has 6 heteroatoms. The molecule has 0 radical (unpaired) electrons. The zero-order valence-corrected chi connectivity index (χ0v) is 12.2. The highest BCUT2D eigenvalue weighted by atomic mass is 16.4. The number of rotatable bonds is 3. The molecule has 1 heterocycles. The highest BCUT2D eigenvalue weighted by molar-refractivity contribution is 5.84. The number of hydrogen-bond donors (Lipinski definition) is 2. The second kappa shape index (κ2) is 6.13. The quantitative estimate of drug-likeness (QED) is 0.874. The van der Waals surface area contributed by atoms with Crippen molar-refractivity contribution in [3.05, 3.63) is 35.4 Å². The predicted octanol–water partition coefficient (Wildman–Crippen LogP) is 1.10. The van der Waals surface area contributed by atoms with Crippen LogP contribution in [-0.2, 0) is 11.2 Å². The van der Waals surface area contributed by atoms with Gasteiger partial charge in [0.05, 0.1) is 12.6 Å². The van der Waals surface area contributed by atoms with Crippen molar-refractivity contribution in [1.82, 2.24) is 9.80 Å². The van der Waals surface area contributed by atoms with Gasteiger partial charge in [0.1, 0.15) is 0 Å². The molecule has 2 rings (SSSR count). The van der Waals surface area contributed by atoms with E-state index >= 15 is 0 Å². The third kappa shape index (κ3) is 2.85. The summed E-state index contributed by atoms with van der Waals surface area (Å²) in [7, 11) is 1.57. The van der Waals surface area contributed by atoms with Gasteiger partial charge in [-0.1, -0.05) is 24.3 Å². The highest BCUT2D eigenvalue weighted by Crippen LogP contribution is 2.30. The van der Waals surface area contributed by atoms with E-state index in [9.17, 15) is 14.7 Å². The van der Waals surface area contributed by atoms with E-state index in [1.165, 1.54) is 9.80 Å². The minimum atomic E-state index is -1.04. The maximum Gasteiger partial charge on any atom is 0.331 e. The third-order valence-corrected chi connectivity index (χ3v) is 3.99. The van der Waals surface area contributed by atoms with Crippen LogP contribution < -0.4 is 0 Å². The van der Waals surface area contributed by atoms with Gasteiger partial charge < -0.3 is 20.0 Å². The van der Waals surface area contributed by atoms with Gasteiger partial charge in [0.15, 0.2) is 6.04 Å². The summed E-state index contributed by atoms with van der Waals surface area (Å²) in [5.74, 6) is -1.04. The Labute approximate surface area is 123 Å². The van der Waals surface area contributed by atoms with Crippen molar-refractivity contribution in [1.29, 1.82) is 0 Å². The molecule has 2 N–H and O–H groups in total. The number of carbonyl (C=O) groups excluding carboxylic acids is 1. The number of hydrogen-bond acceptors (Lipinski definition) is 3.